The molecule has 2 unspecified atom stereocenters. The molecule has 0 spiro atoms. The Labute approximate surface area is 114 Å². The highest BCUT2D eigenvalue weighted by Crippen LogP contribution is 2.14. The first kappa shape index (κ1) is 15.5. The monoisotopic (exact) mass is 265 g/mol. The number of aliphatic hydroxyl groups is 1. The zero-order valence-corrected chi connectivity index (χ0v) is 11.8. The molecule has 1 aromatic rings. The van der Waals surface area contributed by atoms with Crippen molar-refractivity contribution < 1.29 is 14.6 Å². The van der Waals surface area contributed by atoms with E-state index < -0.39 is 12.2 Å². The SMILES string of the molecule is CCCC(O)CNC(=O)C(C)Oc1cccc(C)c1. The van der Waals surface area contributed by atoms with Crippen LogP contribution < -0.4 is 10.1 Å². The summed E-state index contributed by atoms with van der Waals surface area (Å²) in [5.41, 5.74) is 1.09. The summed E-state index contributed by atoms with van der Waals surface area (Å²) in [5, 5.41) is 12.2. The molecule has 4 heteroatoms. The molecule has 0 fully saturated rings. The minimum absolute atomic E-state index is 0.211. The maximum atomic E-state index is 11.8. The molecule has 0 aliphatic heterocycles. The van der Waals surface area contributed by atoms with Gasteiger partial charge in [0.05, 0.1) is 6.10 Å². The van der Waals surface area contributed by atoms with Crippen molar-refractivity contribution in [2.24, 2.45) is 0 Å². The molecular weight excluding hydrogens is 242 g/mol. The molecule has 0 aliphatic rings. The predicted octanol–water partition coefficient (Wildman–Crippen LogP) is 2.04. The summed E-state index contributed by atoms with van der Waals surface area (Å²) in [5.74, 6) is 0.466. The lowest BCUT2D eigenvalue weighted by atomic mass is 10.2. The Morgan fingerprint density at radius 3 is 2.84 bits per heavy atom. The zero-order valence-electron chi connectivity index (χ0n) is 11.8. The van der Waals surface area contributed by atoms with Crippen LogP contribution >= 0.6 is 0 Å². The van der Waals surface area contributed by atoms with Crippen molar-refractivity contribution in [3.05, 3.63) is 29.8 Å². The first-order valence-corrected chi connectivity index (χ1v) is 6.72. The molecule has 2 atom stereocenters. The number of aryl methyl sites for hydroxylation is 1. The van der Waals surface area contributed by atoms with Gasteiger partial charge in [-0.15, -0.1) is 0 Å². The Kier molecular flexibility index (Phi) is 6.36. The Bertz CT molecular complexity index is 406. The largest absolute Gasteiger partial charge is 0.481 e. The van der Waals surface area contributed by atoms with Crippen LogP contribution in [0.1, 0.15) is 32.3 Å². The second kappa shape index (κ2) is 7.79. The maximum Gasteiger partial charge on any atom is 0.260 e. The van der Waals surface area contributed by atoms with Crippen LogP contribution in [0.4, 0.5) is 0 Å². The average Bonchev–Trinajstić information content (AvgIpc) is 2.36. The molecule has 1 aromatic carbocycles. The Balaban J connectivity index is 2.40. The standard InChI is InChI=1S/C15H23NO3/c1-4-6-13(17)10-16-15(18)12(3)19-14-8-5-7-11(2)9-14/h5,7-9,12-13,17H,4,6,10H2,1-3H3,(H,16,18). The van der Waals surface area contributed by atoms with E-state index in [1.807, 2.05) is 38.1 Å². The lowest BCUT2D eigenvalue weighted by molar-refractivity contribution is -0.127. The molecule has 2 N–H and O–H groups in total. The van der Waals surface area contributed by atoms with E-state index in [1.54, 1.807) is 6.92 Å². The number of aliphatic hydroxyl groups excluding tert-OH is 1. The third-order valence-electron chi connectivity index (χ3n) is 2.81. The van der Waals surface area contributed by atoms with Crippen LogP contribution in [0, 0.1) is 6.92 Å². The number of hydrogen-bond donors (Lipinski definition) is 2. The van der Waals surface area contributed by atoms with Gasteiger partial charge in [-0.05, 0) is 38.0 Å². The Morgan fingerprint density at radius 1 is 1.47 bits per heavy atom. The smallest absolute Gasteiger partial charge is 0.260 e. The fourth-order valence-electron chi connectivity index (χ4n) is 1.74. The maximum absolute atomic E-state index is 11.8. The van der Waals surface area contributed by atoms with Gasteiger partial charge < -0.3 is 15.2 Å². The number of nitrogens with one attached hydrogen (secondary N) is 1. The third kappa shape index (κ3) is 5.75. The third-order valence-corrected chi connectivity index (χ3v) is 2.81. The van der Waals surface area contributed by atoms with Gasteiger partial charge in [-0.2, -0.15) is 0 Å². The number of carbonyl (C=O) groups excluding carboxylic acids is 1. The molecule has 0 bridgehead atoms. The lowest BCUT2D eigenvalue weighted by Gasteiger charge is -2.16. The van der Waals surface area contributed by atoms with E-state index in [0.29, 0.717) is 12.2 Å². The summed E-state index contributed by atoms with van der Waals surface area (Å²) in [6.45, 7) is 5.94. The molecular formula is C15H23NO3. The van der Waals surface area contributed by atoms with Crippen LogP contribution in [0.25, 0.3) is 0 Å². The van der Waals surface area contributed by atoms with E-state index in [4.69, 9.17) is 4.74 Å². The molecule has 0 saturated heterocycles. The summed E-state index contributed by atoms with van der Waals surface area (Å²) in [6.07, 6.45) is 0.524. The van der Waals surface area contributed by atoms with Crippen LogP contribution in [0.2, 0.25) is 0 Å². The number of amides is 1. The summed E-state index contributed by atoms with van der Waals surface area (Å²) >= 11 is 0. The molecule has 106 valence electrons. The van der Waals surface area contributed by atoms with Gasteiger partial charge in [0, 0.05) is 6.54 Å². The number of rotatable bonds is 7. The molecule has 0 radical (unpaired) electrons. The van der Waals surface area contributed by atoms with E-state index in [1.165, 1.54) is 0 Å². The molecule has 19 heavy (non-hydrogen) atoms. The van der Waals surface area contributed by atoms with Gasteiger partial charge in [-0.1, -0.05) is 25.5 Å². The number of carbonyl (C=O) groups is 1. The molecule has 0 saturated carbocycles. The van der Waals surface area contributed by atoms with Gasteiger partial charge in [-0.3, -0.25) is 4.79 Å². The van der Waals surface area contributed by atoms with E-state index in [2.05, 4.69) is 5.32 Å². The minimum atomic E-state index is -0.573. The zero-order chi connectivity index (χ0) is 14.3. The number of ether oxygens (including phenoxy) is 1. The van der Waals surface area contributed by atoms with E-state index in [9.17, 15) is 9.90 Å². The highest BCUT2D eigenvalue weighted by molar-refractivity contribution is 5.80. The van der Waals surface area contributed by atoms with Crippen LogP contribution in [0.3, 0.4) is 0 Å². The quantitative estimate of drug-likeness (QED) is 0.793. The fraction of sp³-hybridized carbons (Fsp3) is 0.533. The Morgan fingerprint density at radius 2 is 2.21 bits per heavy atom. The fourth-order valence-corrected chi connectivity index (χ4v) is 1.74. The Hall–Kier alpha value is -1.55. The van der Waals surface area contributed by atoms with Crippen molar-refractivity contribution in [2.75, 3.05) is 6.54 Å². The first-order valence-electron chi connectivity index (χ1n) is 6.72. The van der Waals surface area contributed by atoms with Crippen molar-refractivity contribution >= 4 is 5.91 Å². The van der Waals surface area contributed by atoms with Gasteiger partial charge in [0.25, 0.3) is 5.91 Å². The van der Waals surface area contributed by atoms with Gasteiger partial charge in [0.15, 0.2) is 6.10 Å². The van der Waals surface area contributed by atoms with E-state index >= 15 is 0 Å². The highest BCUT2D eigenvalue weighted by atomic mass is 16.5. The van der Waals surface area contributed by atoms with E-state index in [0.717, 1.165) is 12.0 Å². The summed E-state index contributed by atoms with van der Waals surface area (Å²) in [4.78, 5) is 11.8. The second-order valence-corrected chi connectivity index (χ2v) is 4.76. The van der Waals surface area contributed by atoms with Crippen molar-refractivity contribution in [3.63, 3.8) is 0 Å². The van der Waals surface area contributed by atoms with Crippen molar-refractivity contribution in [1.29, 1.82) is 0 Å². The lowest BCUT2D eigenvalue weighted by Crippen LogP contribution is -2.40. The number of benzene rings is 1. The number of hydrogen-bond acceptors (Lipinski definition) is 3. The first-order chi connectivity index (χ1) is 9.02. The summed E-state index contributed by atoms with van der Waals surface area (Å²) in [6, 6.07) is 7.57. The molecule has 4 nitrogen and oxygen atoms in total. The highest BCUT2D eigenvalue weighted by Gasteiger charge is 2.15. The normalized spacial score (nSPS) is 13.7. The molecule has 0 aromatic heterocycles. The van der Waals surface area contributed by atoms with Crippen LogP contribution in [-0.4, -0.2) is 29.8 Å². The average molecular weight is 265 g/mol. The van der Waals surface area contributed by atoms with Crippen LogP contribution in [-0.2, 0) is 4.79 Å². The van der Waals surface area contributed by atoms with Crippen LogP contribution in [0.15, 0.2) is 24.3 Å². The predicted molar refractivity (Wildman–Crippen MR) is 75.2 cm³/mol. The van der Waals surface area contributed by atoms with E-state index in [-0.39, 0.29) is 12.5 Å². The van der Waals surface area contributed by atoms with Gasteiger partial charge in [0.2, 0.25) is 0 Å². The molecule has 0 aliphatic carbocycles. The minimum Gasteiger partial charge on any atom is -0.481 e. The molecule has 1 amide bonds. The topological polar surface area (TPSA) is 58.6 Å². The second-order valence-electron chi connectivity index (χ2n) is 4.76. The van der Waals surface area contributed by atoms with Crippen molar-refractivity contribution in [3.8, 4) is 5.75 Å². The molecule has 0 heterocycles. The van der Waals surface area contributed by atoms with Gasteiger partial charge >= 0.3 is 0 Å². The van der Waals surface area contributed by atoms with Crippen molar-refractivity contribution in [1.82, 2.24) is 5.32 Å². The van der Waals surface area contributed by atoms with Gasteiger partial charge in [-0.25, -0.2) is 0 Å². The van der Waals surface area contributed by atoms with Gasteiger partial charge in [0.1, 0.15) is 5.75 Å². The summed E-state index contributed by atoms with van der Waals surface area (Å²) in [7, 11) is 0. The van der Waals surface area contributed by atoms with Crippen LogP contribution in [0.5, 0.6) is 5.75 Å². The molecule has 1 rings (SSSR count). The van der Waals surface area contributed by atoms with Crippen molar-refractivity contribution in [2.45, 2.75) is 45.8 Å². The summed E-state index contributed by atoms with van der Waals surface area (Å²) < 4.78 is 5.56.